The molecule has 0 rings (SSSR count). The number of aliphatic hydroxyl groups is 1. The van der Waals surface area contributed by atoms with Crippen molar-refractivity contribution in [2.24, 2.45) is 0 Å². The maximum Gasteiger partial charge on any atom is 0.208 e. The summed E-state index contributed by atoms with van der Waals surface area (Å²) in [6.07, 6.45) is 0. The topological polar surface area (TPSA) is 37.3 Å². The van der Waals surface area contributed by atoms with Gasteiger partial charge in [0, 0.05) is 7.11 Å². The van der Waals surface area contributed by atoms with E-state index in [1.54, 1.807) is 0 Å². The Morgan fingerprint density at radius 3 is 1.80 bits per heavy atom. The Morgan fingerprint density at radius 2 is 1.80 bits per heavy atom. The van der Waals surface area contributed by atoms with E-state index in [9.17, 15) is 0 Å². The summed E-state index contributed by atoms with van der Waals surface area (Å²) in [5.41, 5.74) is 0. The second-order valence-electron chi connectivity index (χ2n) is 0.0891. The van der Waals surface area contributed by atoms with Crippen LogP contribution >= 0.6 is 11.6 Å². The fraction of sp³-hybridized carbons (Fsp3) is 0.500. The van der Waals surface area contributed by atoms with Gasteiger partial charge in [0.2, 0.25) is 5.75 Å². The average Bonchev–Trinajstić information content (AvgIpc) is 1.46. The van der Waals surface area contributed by atoms with E-state index in [1.165, 1.54) is 0 Å². The maximum atomic E-state index is 8.57. The van der Waals surface area contributed by atoms with E-state index in [0.29, 0.717) is 0 Å². The van der Waals surface area contributed by atoms with Gasteiger partial charge in [-0.3, -0.25) is 4.79 Å². The Hall–Kier alpha value is -0.0800. The highest BCUT2D eigenvalue weighted by Crippen LogP contribution is 1.42. The summed E-state index contributed by atoms with van der Waals surface area (Å²) in [7, 11) is 1.00. The molecular weight excluding hydrogens is 91.5 g/mol. The average molecular weight is 96.5 g/mol. The number of carbonyl (C=O) groups is 1. The highest BCUT2D eigenvalue weighted by atomic mass is 35.5. The zero-order valence-electron chi connectivity index (χ0n) is 2.81. The van der Waals surface area contributed by atoms with Gasteiger partial charge in [-0.15, -0.1) is 0 Å². The van der Waals surface area contributed by atoms with Crippen LogP contribution in [0.15, 0.2) is 0 Å². The van der Waals surface area contributed by atoms with Crippen LogP contribution < -0.4 is 0 Å². The van der Waals surface area contributed by atoms with Crippen molar-refractivity contribution in [3.05, 3.63) is 0 Å². The van der Waals surface area contributed by atoms with Crippen LogP contribution in [-0.4, -0.2) is 18.0 Å². The number of hydrogen-bond donors (Lipinski definition) is 1. The molecule has 1 N–H and O–H groups in total. The molecule has 0 saturated carbocycles. The summed E-state index contributed by atoms with van der Waals surface area (Å²) in [6.45, 7) is 0. The van der Waals surface area contributed by atoms with Crippen LogP contribution in [0.2, 0.25) is 0 Å². The molecule has 0 bridgehead atoms. The largest absolute Gasteiger partial charge is 0.400 e. The number of halogens is 1. The van der Waals surface area contributed by atoms with Crippen molar-refractivity contribution in [3.63, 3.8) is 0 Å². The number of carbonyl (C=O) groups excluding carboxylic acids is 1. The Morgan fingerprint density at radius 1 is 1.80 bits per heavy atom. The van der Waals surface area contributed by atoms with Crippen molar-refractivity contribution >= 4 is 17.3 Å². The molecule has 0 aliphatic rings. The van der Waals surface area contributed by atoms with Crippen molar-refractivity contribution in [2.75, 3.05) is 7.11 Å². The summed E-state index contributed by atoms with van der Waals surface area (Å²) in [6, 6.07) is 0. The highest BCUT2D eigenvalue weighted by Gasteiger charge is 1.28. The van der Waals surface area contributed by atoms with Crippen LogP contribution in [0.1, 0.15) is 0 Å². The van der Waals surface area contributed by atoms with Crippen molar-refractivity contribution < 1.29 is 9.90 Å². The van der Waals surface area contributed by atoms with E-state index in [2.05, 4.69) is 11.6 Å². The molecule has 0 amide bonds. The molecule has 3 heteroatoms. The number of rotatable bonds is 0. The first kappa shape index (κ1) is 8.87. The van der Waals surface area contributed by atoms with Gasteiger partial charge in [0.25, 0.3) is 0 Å². The molecule has 2 nitrogen and oxygen atoms in total. The molecular formula is C2H5ClO2. The summed E-state index contributed by atoms with van der Waals surface area (Å²) in [5, 5.41) is 7.00. The molecule has 0 fully saturated rings. The first-order chi connectivity index (χ1) is 2.41. The van der Waals surface area contributed by atoms with Crippen LogP contribution in [0.3, 0.4) is 0 Å². The monoisotopic (exact) mass is 96.0 g/mol. The van der Waals surface area contributed by atoms with Crippen molar-refractivity contribution in [2.45, 2.75) is 0 Å². The molecule has 0 aromatic carbocycles. The van der Waals surface area contributed by atoms with Gasteiger partial charge in [0.15, 0.2) is 0 Å². The molecule has 0 unspecified atom stereocenters. The molecule has 0 atom stereocenters. The SMILES string of the molecule is CO.O=CCl. The van der Waals surface area contributed by atoms with Crippen LogP contribution in [-0.2, 0) is 4.79 Å². The van der Waals surface area contributed by atoms with Crippen molar-refractivity contribution in [1.29, 1.82) is 0 Å². The van der Waals surface area contributed by atoms with E-state index in [-0.39, 0.29) is 5.75 Å². The highest BCUT2D eigenvalue weighted by molar-refractivity contribution is 6.54. The van der Waals surface area contributed by atoms with E-state index >= 15 is 0 Å². The first-order valence-electron chi connectivity index (χ1n) is 0.901. The minimum Gasteiger partial charge on any atom is -0.400 e. The quantitative estimate of drug-likeness (QED) is 0.341. The molecule has 32 valence electrons. The van der Waals surface area contributed by atoms with Gasteiger partial charge < -0.3 is 5.11 Å². The lowest BCUT2D eigenvalue weighted by Gasteiger charge is -1.21. The Balaban J connectivity index is 0. The van der Waals surface area contributed by atoms with E-state index < -0.39 is 0 Å². The van der Waals surface area contributed by atoms with E-state index in [1.807, 2.05) is 0 Å². The van der Waals surface area contributed by atoms with Crippen LogP contribution in [0.4, 0.5) is 0 Å². The number of aliphatic hydroxyl groups excluding tert-OH is 1. The standard InChI is InChI=1S/CHClO.CH4O/c2-1-3;1-2/h1H;2H,1H3. The van der Waals surface area contributed by atoms with Gasteiger partial charge in [-0.1, -0.05) is 0 Å². The minimum atomic E-state index is 0.222. The second kappa shape index (κ2) is 39.5. The zero-order chi connectivity index (χ0) is 4.71. The lowest BCUT2D eigenvalue weighted by molar-refractivity contribution is 0.399. The molecule has 0 heterocycles. The predicted octanol–water partition coefficient (Wildman–Crippen LogP) is 0.0239. The maximum absolute atomic E-state index is 8.57. The van der Waals surface area contributed by atoms with Gasteiger partial charge in [0.1, 0.15) is 0 Å². The molecule has 0 aromatic rings. The third-order valence-corrected chi connectivity index (χ3v) is 0. The van der Waals surface area contributed by atoms with Gasteiger partial charge >= 0.3 is 0 Å². The lowest BCUT2D eigenvalue weighted by Crippen LogP contribution is -1.25. The molecule has 0 spiro atoms. The Kier molecular flexibility index (Phi) is 70.0. The molecule has 0 aromatic heterocycles. The fourth-order valence-corrected chi connectivity index (χ4v) is 0. The normalized spacial score (nSPS) is 3.80. The third kappa shape index (κ3) is 2260. The summed E-state index contributed by atoms with van der Waals surface area (Å²) < 4.78 is 0. The summed E-state index contributed by atoms with van der Waals surface area (Å²) in [4.78, 5) is 8.57. The molecule has 5 heavy (non-hydrogen) atoms. The minimum absolute atomic E-state index is 0.222. The fourth-order valence-electron chi connectivity index (χ4n) is 0. The predicted molar refractivity (Wildman–Crippen MR) is 20.7 cm³/mol. The van der Waals surface area contributed by atoms with Gasteiger partial charge in [0.05, 0.1) is 0 Å². The van der Waals surface area contributed by atoms with Crippen LogP contribution in [0.5, 0.6) is 0 Å². The second-order valence-corrected chi connectivity index (χ2v) is 0.267. The Labute approximate surface area is 35.4 Å². The van der Waals surface area contributed by atoms with Crippen molar-refractivity contribution in [3.8, 4) is 0 Å². The van der Waals surface area contributed by atoms with Gasteiger partial charge in [-0.05, 0) is 11.6 Å². The van der Waals surface area contributed by atoms with Gasteiger partial charge in [-0.2, -0.15) is 0 Å². The number of hydrogen-bond acceptors (Lipinski definition) is 2. The Bertz CT molecular complexity index is 15.1. The van der Waals surface area contributed by atoms with E-state index in [4.69, 9.17) is 9.90 Å². The summed E-state index contributed by atoms with van der Waals surface area (Å²) >= 11 is 4.32. The van der Waals surface area contributed by atoms with E-state index in [0.717, 1.165) is 7.11 Å². The third-order valence-electron chi connectivity index (χ3n) is 0. The smallest absolute Gasteiger partial charge is 0.208 e. The van der Waals surface area contributed by atoms with Crippen LogP contribution in [0, 0.1) is 0 Å². The first-order valence-corrected chi connectivity index (χ1v) is 1.34. The summed E-state index contributed by atoms with van der Waals surface area (Å²) in [5.74, 6) is 0.222. The zero-order valence-corrected chi connectivity index (χ0v) is 3.57. The van der Waals surface area contributed by atoms with Crippen LogP contribution in [0.25, 0.3) is 0 Å². The molecule has 0 radical (unpaired) electrons. The van der Waals surface area contributed by atoms with Gasteiger partial charge in [-0.25, -0.2) is 0 Å². The van der Waals surface area contributed by atoms with Crippen molar-refractivity contribution in [1.82, 2.24) is 0 Å². The lowest BCUT2D eigenvalue weighted by atomic mass is 11.8. The molecule has 0 aliphatic carbocycles. The molecule has 0 aliphatic heterocycles. The molecule has 0 saturated heterocycles.